The maximum atomic E-state index is 11.9. The van der Waals surface area contributed by atoms with Crippen molar-refractivity contribution < 1.29 is 9.53 Å². The van der Waals surface area contributed by atoms with Crippen LogP contribution < -0.4 is 5.32 Å². The van der Waals surface area contributed by atoms with Crippen LogP contribution in [0.3, 0.4) is 0 Å². The minimum atomic E-state index is -0.148. The summed E-state index contributed by atoms with van der Waals surface area (Å²) >= 11 is 0. The molecular weight excluding hydrogens is 457 g/mol. The number of aromatic nitrogens is 2. The van der Waals surface area contributed by atoms with Gasteiger partial charge in [-0.3, -0.25) is 9.79 Å². The molecule has 7 nitrogen and oxygen atoms in total. The second-order valence-electron chi connectivity index (χ2n) is 6.53. The van der Waals surface area contributed by atoms with E-state index in [9.17, 15) is 4.79 Å². The van der Waals surface area contributed by atoms with Crippen molar-refractivity contribution in [2.45, 2.75) is 13.5 Å². The molecule has 0 bridgehead atoms. The molecule has 1 aliphatic heterocycles. The summed E-state index contributed by atoms with van der Waals surface area (Å²) in [6.45, 7) is 4.16. The zero-order valence-corrected chi connectivity index (χ0v) is 18.2. The van der Waals surface area contributed by atoms with Crippen LogP contribution in [0.1, 0.15) is 12.5 Å². The molecular formula is C19H26IN5O2. The molecule has 2 atom stereocenters. The van der Waals surface area contributed by atoms with Crippen LogP contribution in [-0.2, 0) is 16.1 Å². The van der Waals surface area contributed by atoms with Gasteiger partial charge in [0.15, 0.2) is 5.96 Å². The second-order valence-corrected chi connectivity index (χ2v) is 6.53. The number of halogens is 1. The van der Waals surface area contributed by atoms with Crippen molar-refractivity contribution in [1.29, 1.82) is 0 Å². The zero-order chi connectivity index (χ0) is 18.5. The molecule has 1 aromatic carbocycles. The summed E-state index contributed by atoms with van der Waals surface area (Å²) in [5, 5.41) is 7.61. The normalized spacial score (nSPS) is 19.5. The lowest BCUT2D eigenvalue weighted by atomic mass is 9.99. The number of rotatable bonds is 4. The van der Waals surface area contributed by atoms with Crippen LogP contribution in [0.4, 0.5) is 0 Å². The lowest BCUT2D eigenvalue weighted by Crippen LogP contribution is -2.40. The van der Waals surface area contributed by atoms with Crippen molar-refractivity contribution in [2.75, 3.05) is 27.2 Å². The lowest BCUT2D eigenvalue weighted by molar-refractivity contribution is -0.145. The molecule has 1 fully saturated rings. The number of likely N-dealkylation sites (tertiary alicyclic amines) is 1. The van der Waals surface area contributed by atoms with Gasteiger partial charge in [0.05, 0.1) is 18.7 Å². The molecule has 0 aliphatic carbocycles. The quantitative estimate of drug-likeness (QED) is 0.313. The van der Waals surface area contributed by atoms with Gasteiger partial charge in [0.2, 0.25) is 0 Å². The first kappa shape index (κ1) is 21.2. The van der Waals surface area contributed by atoms with Crippen molar-refractivity contribution in [1.82, 2.24) is 20.0 Å². The van der Waals surface area contributed by atoms with Crippen LogP contribution in [0.25, 0.3) is 5.69 Å². The smallest absolute Gasteiger partial charge is 0.310 e. The Hall–Kier alpha value is -2.10. The van der Waals surface area contributed by atoms with Crippen LogP contribution in [0.2, 0.25) is 0 Å². The Morgan fingerprint density at radius 3 is 2.67 bits per heavy atom. The van der Waals surface area contributed by atoms with Gasteiger partial charge >= 0.3 is 5.97 Å². The second kappa shape index (κ2) is 9.72. The van der Waals surface area contributed by atoms with E-state index in [0.717, 1.165) is 23.8 Å². The van der Waals surface area contributed by atoms with Crippen molar-refractivity contribution in [3.63, 3.8) is 0 Å². The summed E-state index contributed by atoms with van der Waals surface area (Å²) in [6.07, 6.45) is 3.68. The van der Waals surface area contributed by atoms with Crippen LogP contribution in [0.5, 0.6) is 0 Å². The summed E-state index contributed by atoms with van der Waals surface area (Å²) in [7, 11) is 3.21. The van der Waals surface area contributed by atoms with Crippen molar-refractivity contribution in [2.24, 2.45) is 16.8 Å². The molecule has 2 unspecified atom stereocenters. The van der Waals surface area contributed by atoms with Crippen molar-refractivity contribution >= 4 is 35.9 Å². The van der Waals surface area contributed by atoms with Crippen LogP contribution in [-0.4, -0.2) is 53.9 Å². The molecule has 1 N–H and O–H groups in total. The Labute approximate surface area is 176 Å². The molecule has 2 aromatic rings. The number of nitrogens with one attached hydrogen (secondary N) is 1. The van der Waals surface area contributed by atoms with Gasteiger partial charge in [-0.2, -0.15) is 5.10 Å². The van der Waals surface area contributed by atoms with Gasteiger partial charge in [0.1, 0.15) is 0 Å². The predicted molar refractivity (Wildman–Crippen MR) is 115 cm³/mol. The maximum Gasteiger partial charge on any atom is 0.310 e. The summed E-state index contributed by atoms with van der Waals surface area (Å²) in [6, 6.07) is 10.1. The Bertz CT molecular complexity index is 761. The summed E-state index contributed by atoms with van der Waals surface area (Å²) in [5.74, 6) is 0.797. The minimum absolute atomic E-state index is 0. The van der Waals surface area contributed by atoms with E-state index in [1.54, 1.807) is 13.2 Å². The van der Waals surface area contributed by atoms with Gasteiger partial charge in [-0.05, 0) is 29.7 Å². The highest BCUT2D eigenvalue weighted by Crippen LogP contribution is 2.24. The van der Waals surface area contributed by atoms with Gasteiger partial charge in [0, 0.05) is 39.1 Å². The van der Waals surface area contributed by atoms with E-state index in [1.165, 1.54) is 7.11 Å². The van der Waals surface area contributed by atoms with Crippen LogP contribution >= 0.6 is 24.0 Å². The third kappa shape index (κ3) is 5.00. The number of hydrogen-bond acceptors (Lipinski definition) is 4. The van der Waals surface area contributed by atoms with E-state index >= 15 is 0 Å². The van der Waals surface area contributed by atoms with E-state index in [0.29, 0.717) is 13.1 Å². The van der Waals surface area contributed by atoms with Gasteiger partial charge in [-0.1, -0.05) is 19.1 Å². The number of benzene rings is 1. The summed E-state index contributed by atoms with van der Waals surface area (Å²) in [4.78, 5) is 18.4. The third-order valence-corrected chi connectivity index (χ3v) is 4.78. The van der Waals surface area contributed by atoms with E-state index in [2.05, 4.69) is 39.4 Å². The Kier molecular flexibility index (Phi) is 7.64. The highest BCUT2D eigenvalue weighted by atomic mass is 127. The number of esters is 1. The Morgan fingerprint density at radius 1 is 1.33 bits per heavy atom. The SMILES string of the molecule is CN=C(NCc1ccc(-n2cccn2)cc1)N1CC(C)C(C(=O)OC)C1.I. The van der Waals surface area contributed by atoms with Gasteiger partial charge in [-0.25, -0.2) is 4.68 Å². The van der Waals surface area contributed by atoms with Crippen LogP contribution in [0.15, 0.2) is 47.7 Å². The molecule has 1 saturated heterocycles. The first-order valence-electron chi connectivity index (χ1n) is 8.74. The first-order chi connectivity index (χ1) is 12.6. The average molecular weight is 483 g/mol. The molecule has 0 radical (unpaired) electrons. The first-order valence-corrected chi connectivity index (χ1v) is 8.74. The Morgan fingerprint density at radius 2 is 2.07 bits per heavy atom. The number of guanidine groups is 1. The molecule has 8 heteroatoms. The topological polar surface area (TPSA) is 71.8 Å². The number of carbonyl (C=O) groups excluding carboxylic acids is 1. The number of carbonyl (C=O) groups is 1. The fourth-order valence-corrected chi connectivity index (χ4v) is 3.30. The molecule has 2 heterocycles. The Balaban J connectivity index is 0.00000261. The number of ether oxygens (including phenoxy) is 1. The molecule has 3 rings (SSSR count). The maximum absolute atomic E-state index is 11.9. The van der Waals surface area contributed by atoms with Crippen molar-refractivity contribution in [3.05, 3.63) is 48.3 Å². The number of hydrogen-bond donors (Lipinski definition) is 1. The van der Waals surface area contributed by atoms with E-state index in [4.69, 9.17) is 4.74 Å². The molecule has 1 aliphatic rings. The van der Waals surface area contributed by atoms with E-state index in [-0.39, 0.29) is 41.8 Å². The summed E-state index contributed by atoms with van der Waals surface area (Å²) in [5.41, 5.74) is 2.18. The average Bonchev–Trinajstić information content (AvgIpc) is 3.32. The van der Waals surface area contributed by atoms with E-state index < -0.39 is 0 Å². The standard InChI is InChI=1S/C19H25N5O2.HI/c1-14-12-23(13-17(14)18(25)26-3)19(20-2)21-11-15-5-7-16(8-6-15)24-10-4-9-22-24;/h4-10,14,17H,11-13H2,1-3H3,(H,20,21);1H. The fraction of sp³-hybridized carbons (Fsp3) is 0.421. The molecule has 0 saturated carbocycles. The lowest BCUT2D eigenvalue weighted by Gasteiger charge is -2.21. The molecule has 0 amide bonds. The fourth-order valence-electron chi connectivity index (χ4n) is 3.30. The highest BCUT2D eigenvalue weighted by Gasteiger charge is 2.36. The zero-order valence-electron chi connectivity index (χ0n) is 15.8. The van der Waals surface area contributed by atoms with Crippen molar-refractivity contribution in [3.8, 4) is 5.69 Å². The number of nitrogens with zero attached hydrogens (tertiary/aromatic N) is 4. The number of aliphatic imine (C=N–C) groups is 1. The summed E-state index contributed by atoms with van der Waals surface area (Å²) < 4.78 is 6.73. The molecule has 146 valence electrons. The molecule has 27 heavy (non-hydrogen) atoms. The van der Waals surface area contributed by atoms with Crippen LogP contribution in [0, 0.1) is 11.8 Å². The van der Waals surface area contributed by atoms with Gasteiger partial charge in [0.25, 0.3) is 0 Å². The third-order valence-electron chi connectivity index (χ3n) is 4.78. The molecule has 1 aromatic heterocycles. The number of methoxy groups -OCH3 is 1. The van der Waals surface area contributed by atoms with E-state index in [1.807, 2.05) is 29.1 Å². The largest absolute Gasteiger partial charge is 0.469 e. The van der Waals surface area contributed by atoms with Gasteiger partial charge in [-0.15, -0.1) is 24.0 Å². The minimum Gasteiger partial charge on any atom is -0.469 e. The highest BCUT2D eigenvalue weighted by molar-refractivity contribution is 14.0. The monoisotopic (exact) mass is 483 g/mol. The predicted octanol–water partition coefficient (Wildman–Crippen LogP) is 2.31. The molecule has 0 spiro atoms. The van der Waals surface area contributed by atoms with Gasteiger partial charge < -0.3 is 15.0 Å².